The van der Waals surface area contributed by atoms with Gasteiger partial charge in [-0.25, -0.2) is 0 Å². The molecule has 0 radical (unpaired) electrons. The van der Waals surface area contributed by atoms with Gasteiger partial charge in [0, 0.05) is 26.7 Å². The Hall–Kier alpha value is -0.610. The molecule has 0 aromatic carbocycles. The first-order valence-corrected chi connectivity index (χ1v) is 5.74. The average molecular weight is 214 g/mol. The van der Waals surface area contributed by atoms with Gasteiger partial charge in [0.15, 0.2) is 0 Å². The molecule has 0 bridgehead atoms. The Morgan fingerprint density at radius 1 is 1.60 bits per heavy atom. The predicted octanol–water partition coefficient (Wildman–Crippen LogP) is 0.609. The summed E-state index contributed by atoms with van der Waals surface area (Å²) in [5.74, 6) is 0.735. The van der Waals surface area contributed by atoms with Crippen molar-refractivity contribution in [2.75, 3.05) is 26.7 Å². The molecule has 1 saturated carbocycles. The van der Waals surface area contributed by atoms with Gasteiger partial charge in [-0.3, -0.25) is 4.79 Å². The Labute approximate surface area is 91.8 Å². The third-order valence-electron chi connectivity index (χ3n) is 3.17. The summed E-state index contributed by atoms with van der Waals surface area (Å²) in [4.78, 5) is 13.8. The first kappa shape index (κ1) is 12.5. The van der Waals surface area contributed by atoms with Crippen LogP contribution in [0, 0.1) is 5.92 Å². The number of hydrogen-bond donors (Lipinski definition) is 1. The first-order chi connectivity index (χ1) is 7.22. The summed E-state index contributed by atoms with van der Waals surface area (Å²) in [5.41, 5.74) is 5.48. The van der Waals surface area contributed by atoms with Gasteiger partial charge in [-0.15, -0.1) is 0 Å². The van der Waals surface area contributed by atoms with Crippen LogP contribution in [-0.4, -0.2) is 43.7 Å². The zero-order chi connectivity index (χ0) is 11.3. The Kier molecular flexibility index (Phi) is 5.05. The van der Waals surface area contributed by atoms with Crippen molar-refractivity contribution in [3.63, 3.8) is 0 Å². The molecule has 2 N–H and O–H groups in total. The fourth-order valence-electron chi connectivity index (χ4n) is 1.86. The van der Waals surface area contributed by atoms with Crippen LogP contribution in [0.15, 0.2) is 0 Å². The summed E-state index contributed by atoms with van der Waals surface area (Å²) >= 11 is 0. The number of methoxy groups -OCH3 is 1. The molecule has 88 valence electrons. The van der Waals surface area contributed by atoms with Gasteiger partial charge in [-0.1, -0.05) is 6.42 Å². The average Bonchev–Trinajstić information content (AvgIpc) is 2.18. The number of rotatable bonds is 6. The third-order valence-corrected chi connectivity index (χ3v) is 3.17. The van der Waals surface area contributed by atoms with E-state index in [0.717, 1.165) is 13.1 Å². The normalized spacial score (nSPS) is 18.3. The minimum atomic E-state index is -0.468. The van der Waals surface area contributed by atoms with E-state index in [0.29, 0.717) is 5.92 Å². The SMILES string of the molecule is CCN(CC1CCC1)C(=O)C(CN)OC. The van der Waals surface area contributed by atoms with E-state index >= 15 is 0 Å². The highest BCUT2D eigenvalue weighted by Crippen LogP contribution is 2.27. The van der Waals surface area contributed by atoms with E-state index in [1.807, 2.05) is 11.8 Å². The fraction of sp³-hybridized carbons (Fsp3) is 0.909. The van der Waals surface area contributed by atoms with Gasteiger partial charge in [-0.2, -0.15) is 0 Å². The zero-order valence-corrected chi connectivity index (χ0v) is 9.74. The van der Waals surface area contributed by atoms with E-state index in [1.54, 1.807) is 0 Å². The number of nitrogens with zero attached hydrogens (tertiary/aromatic N) is 1. The predicted molar refractivity (Wildman–Crippen MR) is 59.4 cm³/mol. The lowest BCUT2D eigenvalue weighted by molar-refractivity contribution is -0.142. The molecule has 1 aliphatic carbocycles. The molecule has 1 aliphatic rings. The summed E-state index contributed by atoms with van der Waals surface area (Å²) in [6, 6.07) is 0. The van der Waals surface area contributed by atoms with Crippen molar-refractivity contribution in [2.45, 2.75) is 32.3 Å². The van der Waals surface area contributed by atoms with Gasteiger partial charge in [0.1, 0.15) is 6.10 Å². The van der Waals surface area contributed by atoms with Gasteiger partial charge < -0.3 is 15.4 Å². The van der Waals surface area contributed by atoms with Crippen molar-refractivity contribution >= 4 is 5.91 Å². The standard InChI is InChI=1S/C11H22N2O2/c1-3-13(8-9-5-4-6-9)11(14)10(7-12)15-2/h9-10H,3-8,12H2,1-2H3. The first-order valence-electron chi connectivity index (χ1n) is 5.74. The quantitative estimate of drug-likeness (QED) is 0.704. The molecule has 4 heteroatoms. The van der Waals surface area contributed by atoms with Crippen molar-refractivity contribution in [3.05, 3.63) is 0 Å². The van der Waals surface area contributed by atoms with E-state index < -0.39 is 6.10 Å². The molecule has 0 saturated heterocycles. The highest BCUT2D eigenvalue weighted by atomic mass is 16.5. The highest BCUT2D eigenvalue weighted by Gasteiger charge is 2.26. The molecule has 4 nitrogen and oxygen atoms in total. The number of likely N-dealkylation sites (N-methyl/N-ethyl adjacent to an activating group) is 1. The van der Waals surface area contributed by atoms with E-state index in [-0.39, 0.29) is 12.5 Å². The van der Waals surface area contributed by atoms with E-state index in [9.17, 15) is 4.79 Å². The second kappa shape index (κ2) is 6.08. The molecule has 0 aromatic rings. The topological polar surface area (TPSA) is 55.6 Å². The van der Waals surface area contributed by atoms with Crippen LogP contribution in [0.3, 0.4) is 0 Å². The van der Waals surface area contributed by atoms with Gasteiger partial charge in [0.25, 0.3) is 5.91 Å². The molecule has 1 rings (SSSR count). The largest absolute Gasteiger partial charge is 0.370 e. The maximum atomic E-state index is 11.9. The molecular weight excluding hydrogens is 192 g/mol. The molecular formula is C11H22N2O2. The van der Waals surface area contributed by atoms with Gasteiger partial charge >= 0.3 is 0 Å². The summed E-state index contributed by atoms with van der Waals surface area (Å²) in [6.07, 6.45) is 3.35. The number of carbonyl (C=O) groups is 1. The number of hydrogen-bond acceptors (Lipinski definition) is 3. The van der Waals surface area contributed by atoms with Crippen LogP contribution in [0.1, 0.15) is 26.2 Å². The van der Waals surface area contributed by atoms with Gasteiger partial charge in [0.05, 0.1) is 0 Å². The Balaban J connectivity index is 2.44. The van der Waals surface area contributed by atoms with E-state index in [2.05, 4.69) is 0 Å². The van der Waals surface area contributed by atoms with E-state index in [4.69, 9.17) is 10.5 Å². The Bertz CT molecular complexity index is 201. The molecule has 1 amide bonds. The lowest BCUT2D eigenvalue weighted by Crippen LogP contribution is -2.46. The van der Waals surface area contributed by atoms with Gasteiger partial charge in [0.2, 0.25) is 0 Å². The number of nitrogens with two attached hydrogens (primary N) is 1. The molecule has 0 aliphatic heterocycles. The second-order valence-corrected chi connectivity index (χ2v) is 4.13. The lowest BCUT2D eigenvalue weighted by atomic mass is 9.85. The summed E-state index contributed by atoms with van der Waals surface area (Å²) in [5, 5.41) is 0. The smallest absolute Gasteiger partial charge is 0.253 e. The van der Waals surface area contributed by atoms with Crippen molar-refractivity contribution in [1.29, 1.82) is 0 Å². The van der Waals surface area contributed by atoms with Gasteiger partial charge in [-0.05, 0) is 25.7 Å². The van der Waals surface area contributed by atoms with Crippen LogP contribution in [-0.2, 0) is 9.53 Å². The van der Waals surface area contributed by atoms with Crippen LogP contribution in [0.4, 0.5) is 0 Å². The lowest BCUT2D eigenvalue weighted by Gasteiger charge is -2.33. The molecule has 0 spiro atoms. The third kappa shape index (κ3) is 3.18. The van der Waals surface area contributed by atoms with Crippen molar-refractivity contribution in [1.82, 2.24) is 4.90 Å². The molecule has 1 fully saturated rings. The Morgan fingerprint density at radius 2 is 2.27 bits per heavy atom. The highest BCUT2D eigenvalue weighted by molar-refractivity contribution is 5.81. The van der Waals surface area contributed by atoms with E-state index in [1.165, 1.54) is 26.4 Å². The van der Waals surface area contributed by atoms with Crippen LogP contribution < -0.4 is 5.73 Å². The van der Waals surface area contributed by atoms with Crippen LogP contribution in [0.2, 0.25) is 0 Å². The summed E-state index contributed by atoms with van der Waals surface area (Å²) in [7, 11) is 1.53. The van der Waals surface area contributed by atoms with Crippen molar-refractivity contribution < 1.29 is 9.53 Å². The molecule has 15 heavy (non-hydrogen) atoms. The number of carbonyl (C=O) groups excluding carboxylic acids is 1. The monoisotopic (exact) mass is 214 g/mol. The van der Waals surface area contributed by atoms with Crippen LogP contribution >= 0.6 is 0 Å². The second-order valence-electron chi connectivity index (χ2n) is 4.13. The maximum absolute atomic E-state index is 11.9. The van der Waals surface area contributed by atoms with Crippen LogP contribution in [0.25, 0.3) is 0 Å². The Morgan fingerprint density at radius 3 is 2.60 bits per heavy atom. The fourth-order valence-corrected chi connectivity index (χ4v) is 1.86. The number of ether oxygens (including phenoxy) is 1. The van der Waals surface area contributed by atoms with Crippen molar-refractivity contribution in [3.8, 4) is 0 Å². The molecule has 1 atom stereocenters. The van der Waals surface area contributed by atoms with Crippen LogP contribution in [0.5, 0.6) is 0 Å². The zero-order valence-electron chi connectivity index (χ0n) is 9.74. The maximum Gasteiger partial charge on any atom is 0.253 e. The minimum Gasteiger partial charge on any atom is -0.370 e. The molecule has 0 aromatic heterocycles. The summed E-state index contributed by atoms with van der Waals surface area (Å²) < 4.78 is 5.06. The molecule has 0 heterocycles. The summed E-state index contributed by atoms with van der Waals surface area (Å²) in [6.45, 7) is 3.88. The van der Waals surface area contributed by atoms with Crippen molar-refractivity contribution in [2.24, 2.45) is 11.7 Å². The minimum absolute atomic E-state index is 0.0365. The number of amides is 1. The molecule has 1 unspecified atom stereocenters.